The largest absolute Gasteiger partial charge is 0.406 e. The molecule has 32 heavy (non-hydrogen) atoms. The quantitative estimate of drug-likeness (QED) is 0.647. The lowest BCUT2D eigenvalue weighted by Gasteiger charge is -2.32. The van der Waals surface area contributed by atoms with E-state index in [4.69, 9.17) is 0 Å². The summed E-state index contributed by atoms with van der Waals surface area (Å²) in [4.78, 5) is 18.0. The van der Waals surface area contributed by atoms with Crippen LogP contribution in [-0.4, -0.2) is 59.4 Å². The monoisotopic (exact) mass is 469 g/mol. The van der Waals surface area contributed by atoms with E-state index in [1.165, 1.54) is 40.8 Å². The molecular formula is C20H22F3N5O3S. The molecule has 0 atom stereocenters. The Bertz CT molecular complexity index is 1120. The molecule has 0 saturated carbocycles. The number of carbonyl (C=O) groups is 1. The van der Waals surface area contributed by atoms with Crippen LogP contribution in [0.25, 0.3) is 0 Å². The van der Waals surface area contributed by atoms with E-state index in [0.29, 0.717) is 0 Å². The number of piperidine rings is 1. The van der Waals surface area contributed by atoms with Gasteiger partial charge in [0.1, 0.15) is 18.4 Å². The number of carbonyl (C=O) groups excluding carboxylic acids is 1. The van der Waals surface area contributed by atoms with Crippen LogP contribution < -0.4 is 0 Å². The van der Waals surface area contributed by atoms with Crippen LogP contribution in [0.2, 0.25) is 0 Å². The van der Waals surface area contributed by atoms with Crippen molar-refractivity contribution in [2.75, 3.05) is 20.1 Å². The van der Waals surface area contributed by atoms with Crippen molar-refractivity contribution in [1.82, 2.24) is 18.8 Å². The lowest BCUT2D eigenvalue weighted by molar-refractivity contribution is -0.141. The van der Waals surface area contributed by atoms with Crippen LogP contribution in [0.3, 0.4) is 0 Å². The summed E-state index contributed by atoms with van der Waals surface area (Å²) in [7, 11) is -2.38. The Morgan fingerprint density at radius 2 is 1.94 bits per heavy atom. The average Bonchev–Trinajstić information content (AvgIpc) is 3.17. The number of rotatable bonds is 6. The predicted octanol–water partition coefficient (Wildman–Crippen LogP) is 2.38. The van der Waals surface area contributed by atoms with Crippen molar-refractivity contribution in [3.63, 3.8) is 0 Å². The second kappa shape index (κ2) is 9.30. The molecule has 172 valence electrons. The summed E-state index contributed by atoms with van der Waals surface area (Å²) in [6.45, 7) is -1.06. The molecule has 1 aromatic heterocycles. The number of alkyl halides is 3. The second-order valence-electron chi connectivity index (χ2n) is 7.57. The first-order valence-electron chi connectivity index (χ1n) is 9.84. The van der Waals surface area contributed by atoms with Gasteiger partial charge >= 0.3 is 6.18 Å². The van der Waals surface area contributed by atoms with Gasteiger partial charge in [-0.05, 0) is 25.0 Å². The zero-order valence-electron chi connectivity index (χ0n) is 17.3. The number of hydrogen-bond acceptors (Lipinski definition) is 5. The number of aromatic nitrogens is 2. The molecule has 1 fully saturated rings. The molecular weight excluding hydrogens is 447 g/mol. The van der Waals surface area contributed by atoms with Crippen LogP contribution in [0.1, 0.15) is 24.2 Å². The van der Waals surface area contributed by atoms with Gasteiger partial charge in [0.05, 0.1) is 17.0 Å². The summed E-state index contributed by atoms with van der Waals surface area (Å²) in [5.74, 6) is -0.615. The lowest BCUT2D eigenvalue weighted by atomic mass is 9.96. The van der Waals surface area contributed by atoms with Crippen LogP contribution >= 0.6 is 0 Å². The standard InChI is InChI=1S/C20H22F3N5O3S/c1-26(13-18-25-8-11-27(18)14-20(21,22)23)19(29)15-6-9-28(10-7-15)32(30,31)17-5-3-2-4-16(17)12-24/h2-5,8,11,15H,6-7,9-10,13-14H2,1H3. The number of imidazole rings is 1. The van der Waals surface area contributed by atoms with Gasteiger partial charge in [-0.3, -0.25) is 4.79 Å². The number of hydrogen-bond donors (Lipinski definition) is 0. The molecule has 1 aliphatic heterocycles. The first kappa shape index (κ1) is 23.7. The van der Waals surface area contributed by atoms with Crippen molar-refractivity contribution < 1.29 is 26.4 Å². The van der Waals surface area contributed by atoms with Crippen LogP contribution in [0.4, 0.5) is 13.2 Å². The van der Waals surface area contributed by atoms with Gasteiger partial charge in [-0.15, -0.1) is 0 Å². The third kappa shape index (κ3) is 5.28. The van der Waals surface area contributed by atoms with Crippen LogP contribution in [0.5, 0.6) is 0 Å². The first-order valence-corrected chi connectivity index (χ1v) is 11.3. The summed E-state index contributed by atoms with van der Waals surface area (Å²) < 4.78 is 66.1. The maximum Gasteiger partial charge on any atom is 0.406 e. The Labute approximate surface area is 183 Å². The fourth-order valence-corrected chi connectivity index (χ4v) is 5.31. The topological polar surface area (TPSA) is 99.3 Å². The highest BCUT2D eigenvalue weighted by molar-refractivity contribution is 7.89. The molecule has 3 rings (SSSR count). The van der Waals surface area contributed by atoms with Crippen LogP contribution in [0.15, 0.2) is 41.6 Å². The normalized spacial score (nSPS) is 16.0. The predicted molar refractivity (Wildman–Crippen MR) is 107 cm³/mol. The first-order chi connectivity index (χ1) is 15.0. The summed E-state index contributed by atoms with van der Waals surface area (Å²) in [6, 6.07) is 7.81. The smallest absolute Gasteiger partial charge is 0.338 e. The average molecular weight is 469 g/mol. The molecule has 2 aromatic rings. The Morgan fingerprint density at radius 3 is 2.56 bits per heavy atom. The Balaban J connectivity index is 1.62. The third-order valence-electron chi connectivity index (χ3n) is 5.33. The highest BCUT2D eigenvalue weighted by atomic mass is 32.2. The molecule has 1 amide bonds. The fraction of sp³-hybridized carbons (Fsp3) is 0.450. The molecule has 8 nitrogen and oxygen atoms in total. The molecule has 0 unspecified atom stereocenters. The zero-order chi connectivity index (χ0) is 23.5. The van der Waals surface area contributed by atoms with E-state index >= 15 is 0 Å². The van der Waals surface area contributed by atoms with Crippen molar-refractivity contribution in [3.05, 3.63) is 48.0 Å². The molecule has 1 aliphatic rings. The second-order valence-corrected chi connectivity index (χ2v) is 9.47. The van der Waals surface area contributed by atoms with E-state index < -0.39 is 28.7 Å². The minimum atomic E-state index is -4.40. The van der Waals surface area contributed by atoms with Crippen molar-refractivity contribution in [2.24, 2.45) is 5.92 Å². The minimum Gasteiger partial charge on any atom is -0.338 e. The molecule has 0 N–H and O–H groups in total. The van der Waals surface area contributed by atoms with E-state index in [-0.39, 0.29) is 54.7 Å². The van der Waals surface area contributed by atoms with E-state index in [0.717, 1.165) is 4.57 Å². The van der Waals surface area contributed by atoms with E-state index in [9.17, 15) is 31.6 Å². The van der Waals surface area contributed by atoms with Gasteiger partial charge in [0.15, 0.2) is 0 Å². The SMILES string of the molecule is CN(Cc1nccn1CC(F)(F)F)C(=O)C1CCN(S(=O)(=O)c2ccccc2C#N)CC1. The van der Waals surface area contributed by atoms with Crippen molar-refractivity contribution in [1.29, 1.82) is 5.26 Å². The summed E-state index contributed by atoms with van der Waals surface area (Å²) in [6.07, 6.45) is -1.39. The molecule has 1 saturated heterocycles. The van der Waals surface area contributed by atoms with Gasteiger partial charge < -0.3 is 9.47 Å². The van der Waals surface area contributed by atoms with Gasteiger partial charge in [0, 0.05) is 38.4 Å². The maximum absolute atomic E-state index is 12.9. The van der Waals surface area contributed by atoms with Gasteiger partial charge in [0.2, 0.25) is 15.9 Å². The van der Waals surface area contributed by atoms with E-state index in [1.54, 1.807) is 12.1 Å². The van der Waals surface area contributed by atoms with Gasteiger partial charge in [0.25, 0.3) is 0 Å². The third-order valence-corrected chi connectivity index (χ3v) is 7.29. The highest BCUT2D eigenvalue weighted by Crippen LogP contribution is 2.27. The van der Waals surface area contributed by atoms with Crippen LogP contribution in [-0.2, 0) is 27.9 Å². The van der Waals surface area contributed by atoms with E-state index in [2.05, 4.69) is 4.98 Å². The molecule has 0 radical (unpaired) electrons. The van der Waals surface area contributed by atoms with E-state index in [1.807, 2.05) is 6.07 Å². The Hall–Kier alpha value is -2.91. The van der Waals surface area contributed by atoms with Crippen LogP contribution in [0, 0.1) is 17.2 Å². The maximum atomic E-state index is 12.9. The molecule has 0 spiro atoms. The molecule has 1 aromatic carbocycles. The van der Waals surface area contributed by atoms with Gasteiger partial charge in [-0.1, -0.05) is 12.1 Å². The van der Waals surface area contributed by atoms with Crippen molar-refractivity contribution in [2.45, 2.75) is 37.0 Å². The molecule has 0 aliphatic carbocycles. The molecule has 12 heteroatoms. The number of amides is 1. The summed E-state index contributed by atoms with van der Waals surface area (Å²) in [5, 5.41) is 9.19. The lowest BCUT2D eigenvalue weighted by Crippen LogP contribution is -2.43. The number of benzene rings is 1. The summed E-state index contributed by atoms with van der Waals surface area (Å²) in [5.41, 5.74) is 0.0554. The number of nitrogens with zero attached hydrogens (tertiary/aromatic N) is 5. The Morgan fingerprint density at radius 1 is 1.28 bits per heavy atom. The molecule has 2 heterocycles. The minimum absolute atomic E-state index is 0.0554. The number of sulfonamides is 1. The van der Waals surface area contributed by atoms with Gasteiger partial charge in [-0.2, -0.15) is 22.7 Å². The molecule has 0 bridgehead atoms. The Kier molecular flexibility index (Phi) is 6.90. The summed E-state index contributed by atoms with van der Waals surface area (Å²) >= 11 is 0. The number of nitriles is 1. The van der Waals surface area contributed by atoms with Gasteiger partial charge in [-0.25, -0.2) is 13.4 Å². The fourth-order valence-electron chi connectivity index (χ4n) is 3.70. The van der Waals surface area contributed by atoms with Crippen molar-refractivity contribution in [3.8, 4) is 6.07 Å². The van der Waals surface area contributed by atoms with Crippen molar-refractivity contribution >= 4 is 15.9 Å². The zero-order valence-corrected chi connectivity index (χ0v) is 18.1. The highest BCUT2D eigenvalue weighted by Gasteiger charge is 2.35. The number of halogens is 3.